The third-order valence-corrected chi connectivity index (χ3v) is 6.32. The highest BCUT2D eigenvalue weighted by Gasteiger charge is 2.23. The van der Waals surface area contributed by atoms with Crippen LogP contribution in [-0.4, -0.2) is 18.5 Å². The molecular weight excluding hydrogens is 462 g/mol. The summed E-state index contributed by atoms with van der Waals surface area (Å²) in [5.41, 5.74) is 2.62. The van der Waals surface area contributed by atoms with Gasteiger partial charge in [0.25, 0.3) is 5.91 Å². The van der Waals surface area contributed by atoms with Crippen molar-refractivity contribution in [3.05, 3.63) is 86.8 Å². The number of hydrogen-bond acceptors (Lipinski definition) is 7. The van der Waals surface area contributed by atoms with Crippen LogP contribution < -0.4 is 10.1 Å². The van der Waals surface area contributed by atoms with Gasteiger partial charge < -0.3 is 14.8 Å². The number of nitriles is 2. The summed E-state index contributed by atoms with van der Waals surface area (Å²) in [5, 5.41) is 22.0. The number of carbonyl (C=O) groups is 2. The van der Waals surface area contributed by atoms with Gasteiger partial charge in [-0.3, -0.25) is 4.79 Å². The molecule has 35 heavy (non-hydrogen) atoms. The van der Waals surface area contributed by atoms with Crippen LogP contribution in [0.2, 0.25) is 0 Å². The normalized spacial score (nSPS) is 10.7. The number of nitrogens with one attached hydrogen (secondary N) is 1. The van der Waals surface area contributed by atoms with Crippen LogP contribution in [0.3, 0.4) is 0 Å². The number of benzene rings is 2. The van der Waals surface area contributed by atoms with Crippen LogP contribution in [0.25, 0.3) is 6.08 Å². The quantitative estimate of drug-likeness (QED) is 0.255. The fraction of sp³-hybridized carbons (Fsp3) is 0.185. The van der Waals surface area contributed by atoms with E-state index in [2.05, 4.69) is 11.4 Å². The smallest absolute Gasteiger partial charge is 0.341 e. The van der Waals surface area contributed by atoms with E-state index >= 15 is 0 Å². The van der Waals surface area contributed by atoms with Crippen LogP contribution >= 0.6 is 11.3 Å². The van der Waals surface area contributed by atoms with Crippen LogP contribution in [0.15, 0.2) is 54.1 Å². The van der Waals surface area contributed by atoms with E-state index in [0.29, 0.717) is 27.4 Å². The summed E-state index contributed by atoms with van der Waals surface area (Å²) in [6.07, 6.45) is 1.43. The number of carbonyl (C=O) groups excluding carboxylic acids is 2. The minimum Gasteiger partial charge on any atom is -0.488 e. The molecule has 3 aromatic rings. The third kappa shape index (κ3) is 5.94. The molecule has 8 heteroatoms. The molecule has 1 N–H and O–H groups in total. The molecule has 0 atom stereocenters. The SMILES string of the molecule is CCOC(=O)c1c(NC(=O)/C(C#N)=C/c2ccccc2OCc2ccccc2C#N)sc(C)c1C. The van der Waals surface area contributed by atoms with Gasteiger partial charge in [-0.05, 0) is 44.5 Å². The molecule has 0 fully saturated rings. The van der Waals surface area contributed by atoms with Crippen LogP contribution in [0.5, 0.6) is 5.75 Å². The topological polar surface area (TPSA) is 112 Å². The van der Waals surface area contributed by atoms with Gasteiger partial charge >= 0.3 is 5.97 Å². The van der Waals surface area contributed by atoms with Gasteiger partial charge in [0, 0.05) is 16.0 Å². The number of hydrogen-bond donors (Lipinski definition) is 1. The van der Waals surface area contributed by atoms with Crippen molar-refractivity contribution in [2.45, 2.75) is 27.4 Å². The molecule has 0 aliphatic carbocycles. The zero-order valence-corrected chi connectivity index (χ0v) is 20.4. The number of amides is 1. The number of para-hydroxylation sites is 1. The summed E-state index contributed by atoms with van der Waals surface area (Å²) in [7, 11) is 0. The van der Waals surface area contributed by atoms with E-state index in [4.69, 9.17) is 9.47 Å². The molecule has 0 aliphatic rings. The molecule has 2 aromatic carbocycles. The molecule has 0 unspecified atom stereocenters. The zero-order valence-electron chi connectivity index (χ0n) is 19.5. The molecule has 0 radical (unpaired) electrons. The summed E-state index contributed by atoms with van der Waals surface area (Å²) in [6.45, 7) is 5.70. The summed E-state index contributed by atoms with van der Waals surface area (Å²) in [4.78, 5) is 26.2. The maximum Gasteiger partial charge on any atom is 0.341 e. The number of anilines is 1. The lowest BCUT2D eigenvalue weighted by Gasteiger charge is -2.11. The van der Waals surface area contributed by atoms with Gasteiger partial charge in [0.1, 0.15) is 29.0 Å². The lowest BCUT2D eigenvalue weighted by atomic mass is 10.1. The molecule has 176 valence electrons. The average molecular weight is 486 g/mol. The number of thiophene rings is 1. The Balaban J connectivity index is 1.85. The second-order valence-corrected chi connectivity index (χ2v) is 8.65. The van der Waals surface area contributed by atoms with E-state index < -0.39 is 11.9 Å². The molecule has 0 spiro atoms. The van der Waals surface area contributed by atoms with Crippen molar-refractivity contribution < 1.29 is 19.1 Å². The van der Waals surface area contributed by atoms with Crippen molar-refractivity contribution >= 4 is 34.3 Å². The fourth-order valence-electron chi connectivity index (χ4n) is 3.28. The third-order valence-electron chi connectivity index (χ3n) is 5.20. The van der Waals surface area contributed by atoms with Gasteiger partial charge in [0.05, 0.1) is 23.8 Å². The molecular formula is C27H23N3O4S. The second kappa shape index (κ2) is 11.6. The van der Waals surface area contributed by atoms with E-state index in [1.165, 1.54) is 17.4 Å². The van der Waals surface area contributed by atoms with Gasteiger partial charge in [0.2, 0.25) is 0 Å². The molecule has 1 amide bonds. The van der Waals surface area contributed by atoms with E-state index in [0.717, 1.165) is 16.0 Å². The minimum absolute atomic E-state index is 0.152. The first-order valence-corrected chi connectivity index (χ1v) is 11.6. The van der Waals surface area contributed by atoms with E-state index in [1.807, 2.05) is 19.1 Å². The first-order valence-electron chi connectivity index (χ1n) is 10.8. The van der Waals surface area contributed by atoms with E-state index in [1.54, 1.807) is 56.3 Å². The highest BCUT2D eigenvalue weighted by molar-refractivity contribution is 7.16. The van der Waals surface area contributed by atoms with Crippen molar-refractivity contribution in [1.82, 2.24) is 0 Å². The Morgan fingerprint density at radius 3 is 2.51 bits per heavy atom. The summed E-state index contributed by atoms with van der Waals surface area (Å²) in [6, 6.07) is 18.1. The molecule has 0 saturated carbocycles. The van der Waals surface area contributed by atoms with Crippen LogP contribution in [-0.2, 0) is 16.1 Å². The largest absolute Gasteiger partial charge is 0.488 e. The maximum absolute atomic E-state index is 13.0. The summed E-state index contributed by atoms with van der Waals surface area (Å²) in [5.74, 6) is -0.719. The molecule has 3 rings (SSSR count). The highest BCUT2D eigenvalue weighted by atomic mass is 32.1. The van der Waals surface area contributed by atoms with Crippen LogP contribution in [0.1, 0.15) is 44.4 Å². The average Bonchev–Trinajstić information content (AvgIpc) is 3.14. The molecule has 0 saturated heterocycles. The van der Waals surface area contributed by atoms with Gasteiger partial charge in [-0.25, -0.2) is 4.79 Å². The fourth-order valence-corrected chi connectivity index (χ4v) is 4.32. The van der Waals surface area contributed by atoms with E-state index in [9.17, 15) is 20.1 Å². The van der Waals surface area contributed by atoms with Crippen molar-refractivity contribution in [2.24, 2.45) is 0 Å². The van der Waals surface area contributed by atoms with Gasteiger partial charge in [-0.15, -0.1) is 11.3 Å². The van der Waals surface area contributed by atoms with Crippen LogP contribution in [0.4, 0.5) is 5.00 Å². The lowest BCUT2D eigenvalue weighted by Crippen LogP contribution is -2.16. The standard InChI is InChI=1S/C27H23N3O4S/c1-4-33-27(32)24-17(2)18(3)35-26(24)30-25(31)22(15-29)13-19-9-7-8-12-23(19)34-16-21-11-6-5-10-20(21)14-28/h5-13H,4,16H2,1-3H3,(H,30,31)/b22-13+. The van der Waals surface area contributed by atoms with Gasteiger partial charge in [-0.1, -0.05) is 36.4 Å². The monoisotopic (exact) mass is 485 g/mol. The number of aryl methyl sites for hydroxylation is 1. The maximum atomic E-state index is 13.0. The van der Waals surface area contributed by atoms with Crippen molar-refractivity contribution in [3.8, 4) is 17.9 Å². The Morgan fingerprint density at radius 1 is 1.09 bits per heavy atom. The highest BCUT2D eigenvalue weighted by Crippen LogP contribution is 2.33. The van der Waals surface area contributed by atoms with E-state index in [-0.39, 0.29) is 18.8 Å². The Bertz CT molecular complexity index is 1380. The first-order chi connectivity index (χ1) is 16.9. The number of esters is 1. The van der Waals surface area contributed by atoms with Crippen LogP contribution in [0, 0.1) is 36.5 Å². The number of ether oxygens (including phenoxy) is 2. The molecule has 7 nitrogen and oxygen atoms in total. The predicted molar refractivity (Wildman–Crippen MR) is 134 cm³/mol. The summed E-state index contributed by atoms with van der Waals surface area (Å²) < 4.78 is 11.0. The Labute approximate surface area is 207 Å². The first kappa shape index (κ1) is 25.2. The second-order valence-electron chi connectivity index (χ2n) is 7.43. The number of nitrogens with zero attached hydrogens (tertiary/aromatic N) is 2. The lowest BCUT2D eigenvalue weighted by molar-refractivity contribution is -0.112. The Hall–Kier alpha value is -4.40. The zero-order chi connectivity index (χ0) is 25.4. The van der Waals surface area contributed by atoms with Crippen molar-refractivity contribution in [3.63, 3.8) is 0 Å². The summed E-state index contributed by atoms with van der Waals surface area (Å²) >= 11 is 1.25. The van der Waals surface area contributed by atoms with Gasteiger partial charge in [-0.2, -0.15) is 10.5 Å². The number of rotatable bonds is 8. The molecule has 0 aliphatic heterocycles. The predicted octanol–water partition coefficient (Wildman–Crippen LogP) is 5.54. The molecule has 1 heterocycles. The van der Waals surface area contributed by atoms with Crippen molar-refractivity contribution in [1.29, 1.82) is 10.5 Å². The Morgan fingerprint density at radius 2 is 1.80 bits per heavy atom. The minimum atomic E-state index is -0.649. The molecule has 1 aromatic heterocycles. The van der Waals surface area contributed by atoms with Crippen molar-refractivity contribution in [2.75, 3.05) is 11.9 Å². The molecule has 0 bridgehead atoms. The Kier molecular flexibility index (Phi) is 8.39. The van der Waals surface area contributed by atoms with Gasteiger partial charge in [0.15, 0.2) is 0 Å².